The number of rotatable bonds is 8. The molecule has 0 saturated heterocycles. The van der Waals surface area contributed by atoms with E-state index in [1.54, 1.807) is 0 Å². The molecule has 1 rings (SSSR count). The molecule has 1 fully saturated rings. The summed E-state index contributed by atoms with van der Waals surface area (Å²) >= 11 is 0. The first-order valence-electron chi connectivity index (χ1n) is 7.23. The molecule has 1 aliphatic carbocycles. The molecule has 0 atom stereocenters. The summed E-state index contributed by atoms with van der Waals surface area (Å²) in [5, 5.41) is 17.4. The highest BCUT2D eigenvalue weighted by Crippen LogP contribution is 2.25. The Morgan fingerprint density at radius 3 is 2.05 bits per heavy atom. The van der Waals surface area contributed by atoms with E-state index in [9.17, 15) is 14.4 Å². The predicted molar refractivity (Wildman–Crippen MR) is 72.3 cm³/mol. The highest BCUT2D eigenvalue weighted by atomic mass is 16.4. The van der Waals surface area contributed by atoms with Crippen molar-refractivity contribution in [3.63, 3.8) is 0 Å². The van der Waals surface area contributed by atoms with Crippen molar-refractivity contribution in [3.05, 3.63) is 0 Å². The van der Waals surface area contributed by atoms with Gasteiger partial charge in [0.1, 0.15) is 0 Å². The number of carbonyl (C=O) groups excluding carboxylic acids is 1. The molecule has 0 unspecified atom stereocenters. The monoisotopic (exact) mass is 285 g/mol. The van der Waals surface area contributed by atoms with Crippen LogP contribution in [-0.4, -0.2) is 46.0 Å². The van der Waals surface area contributed by atoms with Crippen LogP contribution in [0.4, 0.5) is 0 Å². The number of aliphatic carboxylic acids is 2. The number of amides is 1. The molecule has 1 saturated carbocycles. The Morgan fingerprint density at radius 2 is 1.50 bits per heavy atom. The number of carbonyl (C=O) groups is 3. The smallest absolute Gasteiger partial charge is 0.305 e. The maximum absolute atomic E-state index is 12.4. The molecule has 0 aromatic carbocycles. The van der Waals surface area contributed by atoms with Gasteiger partial charge in [-0.15, -0.1) is 0 Å². The number of hydrogen-bond donors (Lipinski definition) is 2. The third-order valence-corrected chi connectivity index (χ3v) is 3.68. The van der Waals surface area contributed by atoms with Crippen LogP contribution in [0.15, 0.2) is 0 Å². The number of carboxylic acid groups (broad SMARTS) is 2. The zero-order valence-corrected chi connectivity index (χ0v) is 11.7. The molecule has 1 aliphatic rings. The standard InChI is InChI=1S/C14H23NO5/c16-12(17)7-4-9-15(10-8-13(18)19)14(20)11-5-2-1-3-6-11/h11H,1-10H2,(H,16,17)(H,18,19). The SMILES string of the molecule is O=C(O)CCCN(CCC(=O)O)C(=O)C1CCCCC1. The average molecular weight is 285 g/mol. The Morgan fingerprint density at radius 1 is 0.900 bits per heavy atom. The Labute approximate surface area is 118 Å². The second-order valence-corrected chi connectivity index (χ2v) is 5.30. The minimum atomic E-state index is -0.940. The Bertz CT molecular complexity index is 349. The molecule has 0 heterocycles. The Balaban J connectivity index is 2.51. The van der Waals surface area contributed by atoms with Gasteiger partial charge in [-0.1, -0.05) is 19.3 Å². The normalized spacial score (nSPS) is 15.8. The molecule has 0 aliphatic heterocycles. The second kappa shape index (κ2) is 8.55. The van der Waals surface area contributed by atoms with Gasteiger partial charge >= 0.3 is 11.9 Å². The van der Waals surface area contributed by atoms with E-state index >= 15 is 0 Å². The summed E-state index contributed by atoms with van der Waals surface area (Å²) in [6, 6.07) is 0. The minimum Gasteiger partial charge on any atom is -0.481 e. The van der Waals surface area contributed by atoms with Crippen molar-refractivity contribution < 1.29 is 24.6 Å². The van der Waals surface area contributed by atoms with Crippen LogP contribution >= 0.6 is 0 Å². The first-order valence-corrected chi connectivity index (χ1v) is 7.23. The van der Waals surface area contributed by atoms with E-state index in [1.165, 1.54) is 4.90 Å². The van der Waals surface area contributed by atoms with Gasteiger partial charge in [0, 0.05) is 25.4 Å². The topological polar surface area (TPSA) is 94.9 Å². The average Bonchev–Trinajstić information content (AvgIpc) is 2.42. The maximum Gasteiger partial charge on any atom is 0.305 e. The van der Waals surface area contributed by atoms with Crippen LogP contribution in [0.3, 0.4) is 0 Å². The number of nitrogens with zero attached hydrogens (tertiary/aromatic N) is 1. The van der Waals surface area contributed by atoms with Crippen molar-refractivity contribution in [1.29, 1.82) is 0 Å². The third-order valence-electron chi connectivity index (χ3n) is 3.68. The summed E-state index contributed by atoms with van der Waals surface area (Å²) in [5.41, 5.74) is 0. The van der Waals surface area contributed by atoms with Gasteiger partial charge in [-0.05, 0) is 19.3 Å². The van der Waals surface area contributed by atoms with Crippen molar-refractivity contribution >= 4 is 17.8 Å². The summed E-state index contributed by atoms with van der Waals surface area (Å²) in [4.78, 5) is 35.1. The van der Waals surface area contributed by atoms with Crippen LogP contribution in [0.25, 0.3) is 0 Å². The summed E-state index contributed by atoms with van der Waals surface area (Å²) in [5.74, 6) is -1.85. The van der Waals surface area contributed by atoms with Crippen molar-refractivity contribution in [2.24, 2.45) is 5.92 Å². The van der Waals surface area contributed by atoms with E-state index in [0.717, 1.165) is 32.1 Å². The molecule has 0 aromatic rings. The fourth-order valence-electron chi connectivity index (χ4n) is 2.59. The summed E-state index contributed by atoms with van der Waals surface area (Å²) < 4.78 is 0. The number of hydrogen-bond acceptors (Lipinski definition) is 3. The van der Waals surface area contributed by atoms with Crippen molar-refractivity contribution in [2.45, 2.75) is 51.4 Å². The molecule has 1 amide bonds. The second-order valence-electron chi connectivity index (χ2n) is 5.30. The summed E-state index contributed by atoms with van der Waals surface area (Å²) in [6.07, 6.45) is 5.23. The van der Waals surface area contributed by atoms with Crippen LogP contribution in [0.1, 0.15) is 51.4 Å². The van der Waals surface area contributed by atoms with Crippen LogP contribution < -0.4 is 0 Å². The fraction of sp³-hybridized carbons (Fsp3) is 0.786. The Hall–Kier alpha value is -1.59. The lowest BCUT2D eigenvalue weighted by molar-refractivity contribution is -0.142. The zero-order valence-electron chi connectivity index (χ0n) is 11.7. The lowest BCUT2D eigenvalue weighted by Gasteiger charge is -2.29. The lowest BCUT2D eigenvalue weighted by Crippen LogP contribution is -2.39. The van der Waals surface area contributed by atoms with Gasteiger partial charge in [0.25, 0.3) is 0 Å². The number of carboxylic acids is 2. The molecule has 6 heteroatoms. The van der Waals surface area contributed by atoms with Gasteiger partial charge in [0.05, 0.1) is 6.42 Å². The zero-order chi connectivity index (χ0) is 15.0. The highest BCUT2D eigenvalue weighted by molar-refractivity contribution is 5.79. The highest BCUT2D eigenvalue weighted by Gasteiger charge is 2.26. The van der Waals surface area contributed by atoms with E-state index < -0.39 is 11.9 Å². The molecule has 20 heavy (non-hydrogen) atoms. The molecule has 6 nitrogen and oxygen atoms in total. The van der Waals surface area contributed by atoms with Gasteiger partial charge in [-0.3, -0.25) is 14.4 Å². The van der Waals surface area contributed by atoms with E-state index in [1.807, 2.05) is 0 Å². The van der Waals surface area contributed by atoms with E-state index in [4.69, 9.17) is 10.2 Å². The summed E-state index contributed by atoms with van der Waals surface area (Å²) in [6.45, 7) is 0.499. The molecule has 0 bridgehead atoms. The summed E-state index contributed by atoms with van der Waals surface area (Å²) in [7, 11) is 0. The molecule has 2 N–H and O–H groups in total. The molecule has 0 aromatic heterocycles. The van der Waals surface area contributed by atoms with Crippen molar-refractivity contribution in [3.8, 4) is 0 Å². The van der Waals surface area contributed by atoms with Crippen molar-refractivity contribution in [2.75, 3.05) is 13.1 Å². The quantitative estimate of drug-likeness (QED) is 0.708. The van der Waals surface area contributed by atoms with E-state index in [0.29, 0.717) is 13.0 Å². The van der Waals surface area contributed by atoms with E-state index in [2.05, 4.69) is 0 Å². The van der Waals surface area contributed by atoms with Crippen molar-refractivity contribution in [1.82, 2.24) is 4.90 Å². The molecule has 114 valence electrons. The van der Waals surface area contributed by atoms with Gasteiger partial charge in [0.2, 0.25) is 5.91 Å². The largest absolute Gasteiger partial charge is 0.481 e. The molecule has 0 spiro atoms. The first kappa shape index (κ1) is 16.5. The first-order chi connectivity index (χ1) is 9.50. The lowest BCUT2D eigenvalue weighted by atomic mass is 9.88. The van der Waals surface area contributed by atoms with Crippen LogP contribution in [0.5, 0.6) is 0 Å². The van der Waals surface area contributed by atoms with Crippen LogP contribution in [0.2, 0.25) is 0 Å². The van der Waals surface area contributed by atoms with Crippen LogP contribution in [-0.2, 0) is 14.4 Å². The van der Waals surface area contributed by atoms with Gasteiger partial charge in [-0.2, -0.15) is 0 Å². The molecular weight excluding hydrogens is 262 g/mol. The molecule has 0 radical (unpaired) electrons. The maximum atomic E-state index is 12.4. The van der Waals surface area contributed by atoms with Gasteiger partial charge in [-0.25, -0.2) is 0 Å². The fourth-order valence-corrected chi connectivity index (χ4v) is 2.59. The van der Waals surface area contributed by atoms with Crippen LogP contribution in [0, 0.1) is 5.92 Å². The van der Waals surface area contributed by atoms with E-state index in [-0.39, 0.29) is 31.2 Å². The van der Waals surface area contributed by atoms with Gasteiger partial charge < -0.3 is 15.1 Å². The Kier molecular flexibility index (Phi) is 7.04. The van der Waals surface area contributed by atoms with Gasteiger partial charge in [0.15, 0.2) is 0 Å². The minimum absolute atomic E-state index is 0.00151. The molecular formula is C14H23NO5. The predicted octanol–water partition coefficient (Wildman–Crippen LogP) is 1.73. The third kappa shape index (κ3) is 6.04.